The molecule has 5 nitrogen and oxygen atoms in total. The van der Waals surface area contributed by atoms with Gasteiger partial charge in [-0.05, 0) is 62.2 Å². The minimum absolute atomic E-state index is 0. The third-order valence-electron chi connectivity index (χ3n) is 5.55. The number of pyridine rings is 1. The Balaban J connectivity index is 0.00000205. The Bertz CT molecular complexity index is 1140. The van der Waals surface area contributed by atoms with Crippen molar-refractivity contribution in [2.24, 2.45) is 5.92 Å². The average Bonchev–Trinajstić information content (AvgIpc) is 3.08. The van der Waals surface area contributed by atoms with E-state index in [-0.39, 0.29) is 18.3 Å². The molecule has 3 heterocycles. The van der Waals surface area contributed by atoms with Crippen LogP contribution in [0.3, 0.4) is 0 Å². The molecule has 3 N–H and O–H groups in total. The van der Waals surface area contributed by atoms with Gasteiger partial charge in [-0.25, -0.2) is 4.98 Å². The molecule has 1 aliphatic heterocycles. The van der Waals surface area contributed by atoms with Gasteiger partial charge in [0.1, 0.15) is 5.75 Å². The molecule has 0 spiro atoms. The summed E-state index contributed by atoms with van der Waals surface area (Å²) in [5, 5.41) is 15.8. The summed E-state index contributed by atoms with van der Waals surface area (Å²) >= 11 is 0. The van der Waals surface area contributed by atoms with Crippen LogP contribution in [0.25, 0.3) is 33.1 Å². The maximum Gasteiger partial charge on any atom is 0.199 e. The molecular formula is C23H24ClN3O2. The summed E-state index contributed by atoms with van der Waals surface area (Å²) in [4.78, 5) is 7.80. The van der Waals surface area contributed by atoms with Gasteiger partial charge in [0, 0.05) is 16.3 Å². The number of benzene rings is 2. The molecule has 0 saturated carbocycles. The number of halogens is 1. The zero-order chi connectivity index (χ0) is 18.9. The number of hydrogen-bond acceptors (Lipinski definition) is 4. The summed E-state index contributed by atoms with van der Waals surface area (Å²) in [6.07, 6.45) is 2.35. The van der Waals surface area contributed by atoms with Crippen LogP contribution in [0.2, 0.25) is 0 Å². The van der Waals surface area contributed by atoms with Crippen LogP contribution in [0.5, 0.6) is 11.6 Å². The lowest BCUT2D eigenvalue weighted by atomic mass is 9.99. The van der Waals surface area contributed by atoms with Crippen molar-refractivity contribution in [3.63, 3.8) is 0 Å². The van der Waals surface area contributed by atoms with E-state index in [1.54, 1.807) is 0 Å². The molecule has 6 heteroatoms. The standard InChI is InChI=1S/C23H23N3O2.ClH/c27-23-22(18-3-1-2-4-20(18)26-23)21-7-5-16-13-17(6-8-19(16)25-21)28-14-15-9-11-24-12-10-15;/h1-8,13,15,24,26-27H,9-12,14H2;1H. The smallest absolute Gasteiger partial charge is 0.199 e. The van der Waals surface area contributed by atoms with Crippen LogP contribution in [0.1, 0.15) is 12.8 Å². The van der Waals surface area contributed by atoms with E-state index >= 15 is 0 Å². The molecule has 29 heavy (non-hydrogen) atoms. The second-order valence-corrected chi connectivity index (χ2v) is 7.45. The number of nitrogens with one attached hydrogen (secondary N) is 2. The van der Waals surface area contributed by atoms with Crippen molar-refractivity contribution < 1.29 is 9.84 Å². The third-order valence-corrected chi connectivity index (χ3v) is 5.55. The Morgan fingerprint density at radius 2 is 1.86 bits per heavy atom. The molecule has 0 atom stereocenters. The lowest BCUT2D eigenvalue weighted by Crippen LogP contribution is -2.30. The van der Waals surface area contributed by atoms with E-state index < -0.39 is 0 Å². The van der Waals surface area contributed by atoms with Crippen LogP contribution in [-0.4, -0.2) is 34.8 Å². The van der Waals surface area contributed by atoms with Crippen molar-refractivity contribution in [3.05, 3.63) is 54.6 Å². The summed E-state index contributed by atoms with van der Waals surface area (Å²) < 4.78 is 6.03. The molecule has 5 rings (SSSR count). The van der Waals surface area contributed by atoms with Gasteiger partial charge in [0.25, 0.3) is 0 Å². The highest BCUT2D eigenvalue weighted by Gasteiger charge is 2.15. The number of aromatic amines is 1. The van der Waals surface area contributed by atoms with Crippen LogP contribution >= 0.6 is 12.4 Å². The van der Waals surface area contributed by atoms with Crippen molar-refractivity contribution in [1.29, 1.82) is 0 Å². The second kappa shape index (κ2) is 8.31. The summed E-state index contributed by atoms with van der Waals surface area (Å²) in [6, 6.07) is 17.9. The van der Waals surface area contributed by atoms with Crippen LogP contribution in [0.15, 0.2) is 54.6 Å². The first-order valence-corrected chi connectivity index (χ1v) is 9.82. The van der Waals surface area contributed by atoms with Gasteiger partial charge in [-0.3, -0.25) is 0 Å². The minimum atomic E-state index is 0. The van der Waals surface area contributed by atoms with Gasteiger partial charge in [0.05, 0.1) is 23.4 Å². The fourth-order valence-corrected chi connectivity index (χ4v) is 3.98. The largest absolute Gasteiger partial charge is 0.494 e. The molecule has 0 bridgehead atoms. The molecule has 0 aliphatic carbocycles. The number of aromatic nitrogens is 2. The zero-order valence-electron chi connectivity index (χ0n) is 16.0. The van der Waals surface area contributed by atoms with E-state index in [0.717, 1.165) is 58.5 Å². The van der Waals surface area contributed by atoms with Crippen molar-refractivity contribution >= 4 is 34.2 Å². The minimum Gasteiger partial charge on any atom is -0.494 e. The number of piperidine rings is 1. The summed E-state index contributed by atoms with van der Waals surface area (Å²) in [5.74, 6) is 1.66. The molecule has 1 saturated heterocycles. The Hall–Kier alpha value is -2.76. The highest BCUT2D eigenvalue weighted by atomic mass is 35.5. The van der Waals surface area contributed by atoms with Gasteiger partial charge < -0.3 is 20.1 Å². The highest BCUT2D eigenvalue weighted by molar-refractivity contribution is 5.99. The Labute approximate surface area is 175 Å². The lowest BCUT2D eigenvalue weighted by molar-refractivity contribution is 0.215. The van der Waals surface area contributed by atoms with E-state index in [0.29, 0.717) is 5.92 Å². The summed E-state index contributed by atoms with van der Waals surface area (Å²) in [6.45, 7) is 2.93. The van der Waals surface area contributed by atoms with Gasteiger partial charge in [0.15, 0.2) is 5.88 Å². The third kappa shape index (κ3) is 3.88. The molecule has 1 aliphatic rings. The first kappa shape index (κ1) is 19.6. The van der Waals surface area contributed by atoms with Crippen LogP contribution in [-0.2, 0) is 0 Å². The molecule has 0 radical (unpaired) electrons. The first-order valence-electron chi connectivity index (χ1n) is 9.82. The van der Waals surface area contributed by atoms with Gasteiger partial charge in [-0.1, -0.05) is 24.3 Å². The molecule has 2 aromatic heterocycles. The molecular weight excluding hydrogens is 386 g/mol. The average molecular weight is 410 g/mol. The van der Waals surface area contributed by atoms with Crippen molar-refractivity contribution in [2.75, 3.05) is 19.7 Å². The van der Waals surface area contributed by atoms with Crippen LogP contribution in [0.4, 0.5) is 0 Å². The van der Waals surface area contributed by atoms with E-state index in [1.165, 1.54) is 12.8 Å². The monoisotopic (exact) mass is 409 g/mol. The molecule has 4 aromatic rings. The van der Waals surface area contributed by atoms with Gasteiger partial charge in [0.2, 0.25) is 0 Å². The summed E-state index contributed by atoms with van der Waals surface area (Å²) in [7, 11) is 0. The Morgan fingerprint density at radius 3 is 2.72 bits per heavy atom. The van der Waals surface area contributed by atoms with Gasteiger partial charge in [-0.2, -0.15) is 0 Å². The van der Waals surface area contributed by atoms with E-state index in [1.807, 2.05) is 54.6 Å². The molecule has 150 valence electrons. The zero-order valence-corrected chi connectivity index (χ0v) is 16.8. The number of aromatic hydroxyl groups is 1. The quantitative estimate of drug-likeness (QED) is 0.449. The summed E-state index contributed by atoms with van der Waals surface area (Å²) in [5.41, 5.74) is 3.28. The number of nitrogens with zero attached hydrogens (tertiary/aromatic N) is 1. The first-order chi connectivity index (χ1) is 13.8. The Morgan fingerprint density at radius 1 is 1.03 bits per heavy atom. The number of H-pyrrole nitrogens is 1. The number of para-hydroxylation sites is 1. The lowest BCUT2D eigenvalue weighted by Gasteiger charge is -2.22. The van der Waals surface area contributed by atoms with Gasteiger partial charge in [-0.15, -0.1) is 12.4 Å². The topological polar surface area (TPSA) is 70.2 Å². The normalized spacial score (nSPS) is 14.8. The highest BCUT2D eigenvalue weighted by Crippen LogP contribution is 2.36. The Kier molecular flexibility index (Phi) is 5.60. The molecule has 0 amide bonds. The van der Waals surface area contributed by atoms with Gasteiger partial charge >= 0.3 is 0 Å². The van der Waals surface area contributed by atoms with E-state index in [4.69, 9.17) is 9.72 Å². The molecule has 1 fully saturated rings. The number of rotatable bonds is 4. The maximum atomic E-state index is 10.4. The maximum absolute atomic E-state index is 10.4. The van der Waals surface area contributed by atoms with Crippen LogP contribution in [0, 0.1) is 5.92 Å². The number of ether oxygens (including phenoxy) is 1. The van der Waals surface area contributed by atoms with Crippen molar-refractivity contribution in [3.8, 4) is 22.9 Å². The van der Waals surface area contributed by atoms with Crippen molar-refractivity contribution in [2.45, 2.75) is 12.8 Å². The predicted octanol–water partition coefficient (Wildman–Crippen LogP) is 4.89. The number of hydrogen-bond donors (Lipinski definition) is 3. The van der Waals surface area contributed by atoms with Crippen molar-refractivity contribution in [1.82, 2.24) is 15.3 Å². The SMILES string of the molecule is Cl.Oc1[nH]c2ccccc2c1-c1ccc2cc(OCC3CCNCC3)ccc2n1. The second-order valence-electron chi connectivity index (χ2n) is 7.45. The van der Waals surface area contributed by atoms with E-state index in [2.05, 4.69) is 10.3 Å². The fourth-order valence-electron chi connectivity index (χ4n) is 3.98. The predicted molar refractivity (Wildman–Crippen MR) is 119 cm³/mol. The fraction of sp³-hybridized carbons (Fsp3) is 0.261. The van der Waals surface area contributed by atoms with Crippen LogP contribution < -0.4 is 10.1 Å². The number of fused-ring (bicyclic) bond motifs is 2. The molecule has 0 unspecified atom stereocenters. The van der Waals surface area contributed by atoms with E-state index in [9.17, 15) is 5.11 Å². The molecule has 2 aromatic carbocycles.